The first-order valence-electron chi connectivity index (χ1n) is 10.4. The maximum absolute atomic E-state index is 12.9. The maximum Gasteiger partial charge on any atom is 0.340 e. The van der Waals surface area contributed by atoms with Crippen LogP contribution in [0.1, 0.15) is 10.4 Å². The number of hydrogen-bond acceptors (Lipinski definition) is 8. The molecule has 1 aliphatic heterocycles. The summed E-state index contributed by atoms with van der Waals surface area (Å²) in [5.41, 5.74) is -0.242. The zero-order valence-electron chi connectivity index (χ0n) is 19.2. The van der Waals surface area contributed by atoms with Crippen molar-refractivity contribution >= 4 is 60.8 Å². The Morgan fingerprint density at radius 3 is 2.25 bits per heavy atom. The molecule has 0 radical (unpaired) electrons. The molecule has 1 fully saturated rings. The number of carbonyl (C=O) groups is 2. The zero-order valence-corrected chi connectivity index (χ0v) is 22.4. The Labute approximate surface area is 219 Å². The summed E-state index contributed by atoms with van der Waals surface area (Å²) in [7, 11) is -5.01. The molecule has 1 amide bonds. The second kappa shape index (κ2) is 11.4. The van der Waals surface area contributed by atoms with Crippen molar-refractivity contribution < 1.29 is 35.9 Å². The average molecular weight is 580 g/mol. The second-order valence-electron chi connectivity index (χ2n) is 7.71. The summed E-state index contributed by atoms with van der Waals surface area (Å²) in [6.45, 7) is 0.173. The number of sulfonamides is 2. The van der Waals surface area contributed by atoms with Crippen LogP contribution in [0.2, 0.25) is 10.0 Å². The molecule has 11 nitrogen and oxygen atoms in total. The molecule has 15 heteroatoms. The molecular weight excluding hydrogens is 557 g/mol. The zero-order chi connectivity index (χ0) is 26.7. The third kappa shape index (κ3) is 6.35. The fourth-order valence-corrected chi connectivity index (χ4v) is 5.85. The van der Waals surface area contributed by atoms with Gasteiger partial charge < -0.3 is 14.8 Å². The number of ether oxygens (including phenoxy) is 2. The van der Waals surface area contributed by atoms with Crippen LogP contribution in [-0.4, -0.2) is 84.3 Å². The minimum Gasteiger partial charge on any atom is -0.452 e. The lowest BCUT2D eigenvalue weighted by Gasteiger charge is -2.26. The molecular formula is C21H23Cl2N3O8S2. The molecule has 1 saturated heterocycles. The summed E-state index contributed by atoms with van der Waals surface area (Å²) in [6, 6.07) is 7.37. The molecule has 196 valence electrons. The molecule has 2 aromatic carbocycles. The van der Waals surface area contributed by atoms with Crippen molar-refractivity contribution in [1.29, 1.82) is 0 Å². The van der Waals surface area contributed by atoms with Gasteiger partial charge in [0.1, 0.15) is 0 Å². The molecule has 1 aliphatic rings. The SMILES string of the molecule is CN(C)S(=O)(=O)c1ccc(Cl)c(C(=O)OCC(=O)Nc2cc(S(=O)(=O)N3CCOCC3)ccc2Cl)c1. The first-order valence-corrected chi connectivity index (χ1v) is 14.0. The third-order valence-electron chi connectivity index (χ3n) is 5.09. The predicted molar refractivity (Wildman–Crippen MR) is 132 cm³/mol. The molecule has 0 unspecified atom stereocenters. The Hall–Kier alpha value is -2.26. The predicted octanol–water partition coefficient (Wildman–Crippen LogP) is 2.06. The molecule has 0 atom stereocenters. The topological polar surface area (TPSA) is 139 Å². The average Bonchev–Trinajstić information content (AvgIpc) is 2.84. The largest absolute Gasteiger partial charge is 0.452 e. The van der Waals surface area contributed by atoms with Crippen molar-refractivity contribution in [2.24, 2.45) is 0 Å². The number of rotatable bonds is 8. The molecule has 36 heavy (non-hydrogen) atoms. The summed E-state index contributed by atoms with van der Waals surface area (Å²) in [6.07, 6.45) is 0. The number of halogens is 2. The van der Waals surface area contributed by atoms with Crippen molar-refractivity contribution in [2.75, 3.05) is 52.3 Å². The lowest BCUT2D eigenvalue weighted by atomic mass is 10.2. The monoisotopic (exact) mass is 579 g/mol. The quantitative estimate of drug-likeness (QED) is 0.469. The number of morpholine rings is 1. The van der Waals surface area contributed by atoms with Gasteiger partial charge in [-0.1, -0.05) is 23.2 Å². The number of nitrogens with zero attached hydrogens (tertiary/aromatic N) is 2. The number of amides is 1. The Kier molecular flexibility index (Phi) is 8.98. The lowest BCUT2D eigenvalue weighted by Crippen LogP contribution is -2.40. The highest BCUT2D eigenvalue weighted by molar-refractivity contribution is 7.89. The highest BCUT2D eigenvalue weighted by atomic mass is 35.5. The maximum atomic E-state index is 12.9. The van der Waals surface area contributed by atoms with E-state index in [1.807, 2.05) is 0 Å². The van der Waals surface area contributed by atoms with Crippen LogP contribution >= 0.6 is 23.2 Å². The van der Waals surface area contributed by atoms with Gasteiger partial charge in [-0.15, -0.1) is 0 Å². The summed E-state index contributed by atoms with van der Waals surface area (Å²) < 4.78 is 62.8. The van der Waals surface area contributed by atoms with Crippen molar-refractivity contribution in [3.05, 3.63) is 52.0 Å². The van der Waals surface area contributed by atoms with Crippen LogP contribution in [0, 0.1) is 0 Å². The Morgan fingerprint density at radius 2 is 1.61 bits per heavy atom. The van der Waals surface area contributed by atoms with Gasteiger partial charge in [0.25, 0.3) is 5.91 Å². The van der Waals surface area contributed by atoms with Gasteiger partial charge in [-0.25, -0.2) is 25.9 Å². The summed E-state index contributed by atoms with van der Waals surface area (Å²) in [5.74, 6) is -1.83. The van der Waals surface area contributed by atoms with E-state index in [0.29, 0.717) is 0 Å². The van der Waals surface area contributed by atoms with Gasteiger partial charge in [-0.2, -0.15) is 4.31 Å². The Morgan fingerprint density at radius 1 is 1.00 bits per heavy atom. The van der Waals surface area contributed by atoms with Gasteiger partial charge in [0.15, 0.2) is 6.61 Å². The van der Waals surface area contributed by atoms with Crippen molar-refractivity contribution in [1.82, 2.24) is 8.61 Å². The Bertz CT molecular complexity index is 1380. The summed E-state index contributed by atoms with van der Waals surface area (Å²) in [4.78, 5) is 24.6. The first-order chi connectivity index (χ1) is 16.8. The molecule has 0 bridgehead atoms. The highest BCUT2D eigenvalue weighted by Gasteiger charge is 2.27. The number of hydrogen-bond donors (Lipinski definition) is 1. The molecule has 3 rings (SSSR count). The standard InChI is InChI=1S/C21H23Cl2N3O8S2/c1-25(2)35(29,30)14-3-5-17(22)16(11-14)21(28)34-13-20(27)24-19-12-15(4-6-18(19)23)36(31,32)26-7-9-33-10-8-26/h3-6,11-12H,7-10,13H2,1-2H3,(H,24,27). The minimum absolute atomic E-state index is 0.00385. The van der Waals surface area contributed by atoms with E-state index < -0.39 is 38.5 Å². The van der Waals surface area contributed by atoms with Crippen molar-refractivity contribution in [2.45, 2.75) is 9.79 Å². The smallest absolute Gasteiger partial charge is 0.340 e. The molecule has 0 aromatic heterocycles. The summed E-state index contributed by atoms with van der Waals surface area (Å²) in [5, 5.41) is 2.41. The first kappa shape index (κ1) is 28.3. The van der Waals surface area contributed by atoms with Gasteiger partial charge in [-0.3, -0.25) is 4.79 Å². The molecule has 0 aliphatic carbocycles. The van der Waals surface area contributed by atoms with Crippen LogP contribution in [0.3, 0.4) is 0 Å². The van der Waals surface area contributed by atoms with Crippen molar-refractivity contribution in [3.63, 3.8) is 0 Å². The van der Waals surface area contributed by atoms with Crippen LogP contribution in [0.4, 0.5) is 5.69 Å². The van der Waals surface area contributed by atoms with Crippen LogP contribution in [0.15, 0.2) is 46.2 Å². The number of benzene rings is 2. The molecule has 1 N–H and O–H groups in total. The fraction of sp³-hybridized carbons (Fsp3) is 0.333. The van der Waals surface area contributed by atoms with Gasteiger partial charge in [0, 0.05) is 27.2 Å². The van der Waals surface area contributed by atoms with Crippen LogP contribution in [0.25, 0.3) is 0 Å². The third-order valence-corrected chi connectivity index (χ3v) is 9.46. The van der Waals surface area contributed by atoms with E-state index in [1.165, 1.54) is 48.7 Å². The van der Waals surface area contributed by atoms with E-state index in [1.54, 1.807) is 0 Å². The number of esters is 1. The van der Waals surface area contributed by atoms with Gasteiger partial charge >= 0.3 is 5.97 Å². The van der Waals surface area contributed by atoms with Gasteiger partial charge in [-0.05, 0) is 36.4 Å². The molecule has 1 heterocycles. The highest BCUT2D eigenvalue weighted by Crippen LogP contribution is 2.28. The van der Waals surface area contributed by atoms with Crippen LogP contribution in [-0.2, 0) is 34.3 Å². The van der Waals surface area contributed by atoms with Crippen LogP contribution < -0.4 is 5.32 Å². The molecule has 0 saturated carbocycles. The normalized spacial score (nSPS) is 15.0. The lowest BCUT2D eigenvalue weighted by molar-refractivity contribution is -0.119. The minimum atomic E-state index is -3.84. The number of nitrogens with one attached hydrogen (secondary N) is 1. The van der Waals surface area contributed by atoms with E-state index in [-0.39, 0.29) is 57.4 Å². The van der Waals surface area contributed by atoms with Gasteiger partial charge in [0.2, 0.25) is 20.0 Å². The van der Waals surface area contributed by atoms with E-state index in [4.69, 9.17) is 32.7 Å². The fourth-order valence-electron chi connectivity index (χ4n) is 3.12. The molecule has 2 aromatic rings. The van der Waals surface area contributed by atoms with Crippen LogP contribution in [0.5, 0.6) is 0 Å². The number of carbonyl (C=O) groups excluding carboxylic acids is 2. The van der Waals surface area contributed by atoms with Crippen molar-refractivity contribution in [3.8, 4) is 0 Å². The van der Waals surface area contributed by atoms with E-state index in [0.717, 1.165) is 10.4 Å². The Balaban J connectivity index is 1.71. The van der Waals surface area contributed by atoms with E-state index >= 15 is 0 Å². The molecule has 0 spiro atoms. The second-order valence-corrected chi connectivity index (χ2v) is 12.6. The number of anilines is 1. The van der Waals surface area contributed by atoms with Gasteiger partial charge in [0.05, 0.1) is 44.3 Å². The van der Waals surface area contributed by atoms with E-state index in [2.05, 4.69) is 5.32 Å². The summed E-state index contributed by atoms with van der Waals surface area (Å²) >= 11 is 12.1. The van der Waals surface area contributed by atoms with E-state index in [9.17, 15) is 26.4 Å².